The second kappa shape index (κ2) is 7.84. The lowest BCUT2D eigenvalue weighted by atomic mass is 10.1. The maximum atomic E-state index is 12.8. The predicted octanol–water partition coefficient (Wildman–Crippen LogP) is 4.93. The fraction of sp³-hybridized carbons (Fsp3) is 0.227. The van der Waals surface area contributed by atoms with Gasteiger partial charge in [0.25, 0.3) is 0 Å². The van der Waals surface area contributed by atoms with E-state index in [0.29, 0.717) is 6.54 Å². The molecule has 1 aliphatic rings. The molecule has 0 fully saturated rings. The van der Waals surface area contributed by atoms with Crippen molar-refractivity contribution in [2.45, 2.75) is 25.9 Å². The highest BCUT2D eigenvalue weighted by atomic mass is 32.1. The Morgan fingerprint density at radius 3 is 2.59 bits per heavy atom. The number of rotatable bonds is 5. The summed E-state index contributed by atoms with van der Waals surface area (Å²) in [4.78, 5) is 16.1. The van der Waals surface area contributed by atoms with E-state index in [1.54, 1.807) is 11.3 Å². The summed E-state index contributed by atoms with van der Waals surface area (Å²) < 4.78 is 5.80. The van der Waals surface area contributed by atoms with Crippen LogP contribution in [0.3, 0.4) is 0 Å². The molecule has 1 unspecified atom stereocenters. The number of amides is 1. The average molecular weight is 378 g/mol. The molecule has 27 heavy (non-hydrogen) atoms. The molecule has 5 heteroatoms. The van der Waals surface area contributed by atoms with Crippen molar-refractivity contribution >= 4 is 22.9 Å². The number of thiophene rings is 1. The molecular formula is C22H22N2O2S. The average Bonchev–Trinajstić information content (AvgIpc) is 3.17. The van der Waals surface area contributed by atoms with E-state index in [4.69, 9.17) is 4.74 Å². The lowest BCUT2D eigenvalue weighted by Crippen LogP contribution is -2.43. The van der Waals surface area contributed by atoms with E-state index in [1.165, 1.54) is 10.4 Å². The number of nitrogens with zero attached hydrogens (tertiary/aromatic N) is 1. The lowest BCUT2D eigenvalue weighted by Gasteiger charge is -2.30. The fourth-order valence-corrected chi connectivity index (χ4v) is 4.16. The molecule has 0 saturated heterocycles. The third-order valence-electron chi connectivity index (χ3n) is 4.71. The molecule has 1 amide bonds. The van der Waals surface area contributed by atoms with E-state index in [0.717, 1.165) is 30.2 Å². The van der Waals surface area contributed by atoms with Gasteiger partial charge >= 0.3 is 0 Å². The summed E-state index contributed by atoms with van der Waals surface area (Å²) in [5, 5.41) is 5.41. The van der Waals surface area contributed by atoms with E-state index in [2.05, 4.69) is 16.8 Å². The molecule has 1 aliphatic heterocycles. The Labute approximate surface area is 163 Å². The molecule has 1 atom stereocenters. The minimum atomic E-state index is -0.272. The number of anilines is 1. The van der Waals surface area contributed by atoms with Crippen LogP contribution < -0.4 is 10.1 Å². The second-order valence-electron chi connectivity index (χ2n) is 6.68. The number of benzene rings is 2. The SMILES string of the molecule is CC(Nc1ccc(Oc2ccccc2)cc1)C(=O)N1CCc2sccc2C1. The molecule has 0 aliphatic carbocycles. The van der Waals surface area contributed by atoms with Gasteiger partial charge in [-0.1, -0.05) is 18.2 Å². The summed E-state index contributed by atoms with van der Waals surface area (Å²) in [6.07, 6.45) is 0.955. The van der Waals surface area contributed by atoms with E-state index < -0.39 is 0 Å². The summed E-state index contributed by atoms with van der Waals surface area (Å²) in [5.74, 6) is 1.71. The second-order valence-corrected chi connectivity index (χ2v) is 7.68. The first kappa shape index (κ1) is 17.6. The maximum absolute atomic E-state index is 12.8. The van der Waals surface area contributed by atoms with Crippen molar-refractivity contribution in [3.05, 3.63) is 76.5 Å². The molecule has 138 valence electrons. The molecule has 1 N–H and O–H groups in total. The van der Waals surface area contributed by atoms with Crippen LogP contribution in [0.5, 0.6) is 11.5 Å². The number of nitrogens with one attached hydrogen (secondary N) is 1. The molecule has 2 heterocycles. The van der Waals surface area contributed by atoms with Gasteiger partial charge in [0.15, 0.2) is 0 Å². The normalized spacial score (nSPS) is 14.3. The first-order chi connectivity index (χ1) is 13.2. The Hall–Kier alpha value is -2.79. The lowest BCUT2D eigenvalue weighted by molar-refractivity contribution is -0.132. The summed E-state index contributed by atoms with van der Waals surface area (Å²) in [5.41, 5.74) is 2.19. The zero-order valence-electron chi connectivity index (χ0n) is 15.2. The highest BCUT2D eigenvalue weighted by molar-refractivity contribution is 7.10. The first-order valence-corrected chi connectivity index (χ1v) is 10.0. The molecule has 0 spiro atoms. The van der Waals surface area contributed by atoms with Gasteiger partial charge in [0.1, 0.15) is 17.5 Å². The fourth-order valence-electron chi connectivity index (χ4n) is 3.27. The zero-order valence-corrected chi connectivity index (χ0v) is 16.0. The van der Waals surface area contributed by atoms with Gasteiger partial charge in [0.2, 0.25) is 5.91 Å². The Balaban J connectivity index is 1.35. The summed E-state index contributed by atoms with van der Waals surface area (Å²) in [7, 11) is 0. The standard InChI is InChI=1S/C22H22N2O2S/c1-16(22(25)24-13-11-21-17(15-24)12-14-27-21)23-18-7-9-20(10-8-18)26-19-5-3-2-4-6-19/h2-10,12,14,16,23H,11,13,15H2,1H3. The van der Waals surface area contributed by atoms with Crippen molar-refractivity contribution in [3.8, 4) is 11.5 Å². The highest BCUT2D eigenvalue weighted by Crippen LogP contribution is 2.25. The van der Waals surface area contributed by atoms with Crippen molar-refractivity contribution < 1.29 is 9.53 Å². The molecular weight excluding hydrogens is 356 g/mol. The first-order valence-electron chi connectivity index (χ1n) is 9.12. The van der Waals surface area contributed by atoms with E-state index >= 15 is 0 Å². The summed E-state index contributed by atoms with van der Waals surface area (Å²) in [6.45, 7) is 3.43. The third kappa shape index (κ3) is 4.14. The third-order valence-corrected chi connectivity index (χ3v) is 5.73. The number of para-hydroxylation sites is 1. The van der Waals surface area contributed by atoms with Gasteiger partial charge in [-0.3, -0.25) is 4.79 Å². The molecule has 0 radical (unpaired) electrons. The van der Waals surface area contributed by atoms with Crippen LogP contribution >= 0.6 is 11.3 Å². The van der Waals surface area contributed by atoms with E-state index in [9.17, 15) is 4.79 Å². The van der Waals surface area contributed by atoms with Gasteiger partial charge in [0.05, 0.1) is 0 Å². The zero-order chi connectivity index (χ0) is 18.6. The Morgan fingerprint density at radius 2 is 1.81 bits per heavy atom. The molecule has 4 nitrogen and oxygen atoms in total. The molecule has 0 saturated carbocycles. The van der Waals surface area contributed by atoms with Gasteiger partial charge in [-0.05, 0) is 66.8 Å². The number of hydrogen-bond acceptors (Lipinski definition) is 4. The Bertz CT molecular complexity index is 906. The van der Waals surface area contributed by atoms with Crippen molar-refractivity contribution in [1.82, 2.24) is 4.90 Å². The van der Waals surface area contributed by atoms with Crippen LogP contribution in [0.2, 0.25) is 0 Å². The quantitative estimate of drug-likeness (QED) is 0.685. The number of carbonyl (C=O) groups excluding carboxylic acids is 1. The topological polar surface area (TPSA) is 41.6 Å². The summed E-state index contributed by atoms with van der Waals surface area (Å²) >= 11 is 1.79. The molecule has 1 aromatic heterocycles. The molecule has 2 aromatic carbocycles. The minimum Gasteiger partial charge on any atom is -0.457 e. The van der Waals surface area contributed by atoms with Crippen LogP contribution in [0.15, 0.2) is 66.0 Å². The number of fused-ring (bicyclic) bond motifs is 1. The van der Waals surface area contributed by atoms with Crippen LogP contribution in [0.4, 0.5) is 5.69 Å². The Morgan fingerprint density at radius 1 is 1.07 bits per heavy atom. The summed E-state index contributed by atoms with van der Waals surface area (Å²) in [6, 6.07) is 19.2. The van der Waals surface area contributed by atoms with Crippen molar-refractivity contribution in [2.75, 3.05) is 11.9 Å². The molecule has 4 rings (SSSR count). The van der Waals surface area contributed by atoms with Gasteiger partial charge < -0.3 is 15.0 Å². The highest BCUT2D eigenvalue weighted by Gasteiger charge is 2.25. The number of ether oxygens (including phenoxy) is 1. The Kier molecular flexibility index (Phi) is 5.12. The van der Waals surface area contributed by atoms with Crippen LogP contribution in [-0.2, 0) is 17.8 Å². The van der Waals surface area contributed by atoms with Crippen molar-refractivity contribution in [3.63, 3.8) is 0 Å². The van der Waals surface area contributed by atoms with Crippen molar-refractivity contribution in [2.24, 2.45) is 0 Å². The smallest absolute Gasteiger partial charge is 0.245 e. The van der Waals surface area contributed by atoms with Gasteiger partial charge in [-0.25, -0.2) is 0 Å². The van der Waals surface area contributed by atoms with Gasteiger partial charge in [-0.15, -0.1) is 11.3 Å². The van der Waals surface area contributed by atoms with Crippen LogP contribution in [-0.4, -0.2) is 23.4 Å². The monoisotopic (exact) mass is 378 g/mol. The predicted molar refractivity (Wildman–Crippen MR) is 109 cm³/mol. The number of carbonyl (C=O) groups is 1. The van der Waals surface area contributed by atoms with Gasteiger partial charge in [0, 0.05) is 23.7 Å². The van der Waals surface area contributed by atoms with Crippen LogP contribution in [0.25, 0.3) is 0 Å². The largest absolute Gasteiger partial charge is 0.457 e. The molecule has 3 aromatic rings. The van der Waals surface area contributed by atoms with Crippen molar-refractivity contribution in [1.29, 1.82) is 0 Å². The number of hydrogen-bond donors (Lipinski definition) is 1. The van der Waals surface area contributed by atoms with Crippen LogP contribution in [0, 0.1) is 0 Å². The van der Waals surface area contributed by atoms with E-state index in [-0.39, 0.29) is 11.9 Å². The minimum absolute atomic E-state index is 0.136. The molecule has 0 bridgehead atoms. The van der Waals surface area contributed by atoms with E-state index in [1.807, 2.05) is 66.4 Å². The van der Waals surface area contributed by atoms with Gasteiger partial charge in [-0.2, -0.15) is 0 Å². The maximum Gasteiger partial charge on any atom is 0.245 e. The van der Waals surface area contributed by atoms with Crippen LogP contribution in [0.1, 0.15) is 17.4 Å².